The molecule has 1 aliphatic rings. The number of halogens is 3. The van der Waals surface area contributed by atoms with Crippen LogP contribution in [0.25, 0.3) is 0 Å². The molecule has 11 heteroatoms. The summed E-state index contributed by atoms with van der Waals surface area (Å²) in [6.45, 7) is 3.53. The fraction of sp³-hybridized carbons (Fsp3) is 0.222. The van der Waals surface area contributed by atoms with Crippen LogP contribution in [0.15, 0.2) is 66.9 Å². The average molecular weight is 538 g/mol. The standard InChI is InChI=1S/C27H22F3N5O2S/c1-26(2)24(37)34(21-11-8-18(15-31)22(14-21)27(28,29)30)25(38)35(26)20-9-6-17(7-10-20)16-33-23(36)13-19-5-3-4-12-32-19/h3-12,14H,13,16H2,1-2H3,(H,33,36). The van der Waals surface area contributed by atoms with Gasteiger partial charge >= 0.3 is 6.18 Å². The summed E-state index contributed by atoms with van der Waals surface area (Å²) in [6.07, 6.45) is -3.00. The lowest BCUT2D eigenvalue weighted by atomic mass is 10.0. The molecule has 1 saturated heterocycles. The van der Waals surface area contributed by atoms with Crippen LogP contribution in [0.3, 0.4) is 0 Å². The zero-order chi connectivity index (χ0) is 27.7. The van der Waals surface area contributed by atoms with Crippen LogP contribution < -0.4 is 15.1 Å². The molecular formula is C27H22F3N5O2S. The number of rotatable bonds is 6. The van der Waals surface area contributed by atoms with Gasteiger partial charge in [0.25, 0.3) is 5.91 Å². The van der Waals surface area contributed by atoms with Gasteiger partial charge in [0, 0.05) is 24.1 Å². The van der Waals surface area contributed by atoms with E-state index in [0.717, 1.165) is 22.6 Å². The molecule has 194 valence electrons. The average Bonchev–Trinajstić information content (AvgIpc) is 3.06. The van der Waals surface area contributed by atoms with E-state index in [1.54, 1.807) is 67.4 Å². The molecule has 38 heavy (non-hydrogen) atoms. The zero-order valence-corrected chi connectivity index (χ0v) is 21.2. The second-order valence-corrected chi connectivity index (χ2v) is 9.46. The Morgan fingerprint density at radius 2 is 1.79 bits per heavy atom. The van der Waals surface area contributed by atoms with Gasteiger partial charge in [0.1, 0.15) is 5.54 Å². The number of hydrogen-bond acceptors (Lipinski definition) is 5. The van der Waals surface area contributed by atoms with E-state index in [-0.39, 0.29) is 29.7 Å². The molecule has 4 rings (SSSR count). The van der Waals surface area contributed by atoms with Gasteiger partial charge in [-0.3, -0.25) is 19.5 Å². The highest BCUT2D eigenvalue weighted by Gasteiger charge is 2.50. The quantitative estimate of drug-likeness (QED) is 0.457. The summed E-state index contributed by atoms with van der Waals surface area (Å²) in [7, 11) is 0. The summed E-state index contributed by atoms with van der Waals surface area (Å²) in [6, 6.07) is 16.9. The van der Waals surface area contributed by atoms with Gasteiger partial charge in [-0.2, -0.15) is 18.4 Å². The largest absolute Gasteiger partial charge is 0.417 e. The molecule has 0 aliphatic carbocycles. The maximum Gasteiger partial charge on any atom is 0.417 e. The van der Waals surface area contributed by atoms with E-state index in [9.17, 15) is 22.8 Å². The van der Waals surface area contributed by atoms with Crippen LogP contribution >= 0.6 is 12.2 Å². The molecule has 2 aromatic carbocycles. The van der Waals surface area contributed by atoms with E-state index in [1.165, 1.54) is 12.1 Å². The smallest absolute Gasteiger partial charge is 0.352 e. The Kier molecular flexibility index (Phi) is 7.20. The fourth-order valence-electron chi connectivity index (χ4n) is 4.15. The first kappa shape index (κ1) is 26.8. The number of pyridine rings is 1. The summed E-state index contributed by atoms with van der Waals surface area (Å²) in [5, 5.41) is 11.9. The van der Waals surface area contributed by atoms with Crippen molar-refractivity contribution in [2.45, 2.75) is 38.5 Å². The van der Waals surface area contributed by atoms with Crippen molar-refractivity contribution >= 4 is 40.5 Å². The molecule has 2 heterocycles. The van der Waals surface area contributed by atoms with Crippen molar-refractivity contribution in [1.82, 2.24) is 10.3 Å². The first-order valence-corrected chi connectivity index (χ1v) is 11.9. The summed E-state index contributed by atoms with van der Waals surface area (Å²) >= 11 is 5.55. The lowest BCUT2D eigenvalue weighted by Gasteiger charge is -2.29. The summed E-state index contributed by atoms with van der Waals surface area (Å²) < 4.78 is 40.6. The Hall–Kier alpha value is -4.30. The van der Waals surface area contributed by atoms with Gasteiger partial charge in [0.15, 0.2) is 5.11 Å². The number of anilines is 2. The third kappa shape index (κ3) is 5.21. The zero-order valence-electron chi connectivity index (χ0n) is 20.4. The van der Waals surface area contributed by atoms with Gasteiger partial charge < -0.3 is 10.2 Å². The van der Waals surface area contributed by atoms with Crippen molar-refractivity contribution in [2.75, 3.05) is 9.80 Å². The number of nitriles is 1. The van der Waals surface area contributed by atoms with Gasteiger partial charge in [-0.15, -0.1) is 0 Å². The number of hydrogen-bond donors (Lipinski definition) is 1. The third-order valence-corrected chi connectivity index (χ3v) is 6.47. The van der Waals surface area contributed by atoms with E-state index in [2.05, 4.69) is 10.3 Å². The number of carbonyl (C=O) groups is 2. The van der Waals surface area contributed by atoms with E-state index < -0.39 is 28.7 Å². The van der Waals surface area contributed by atoms with Crippen LogP contribution in [0.2, 0.25) is 0 Å². The van der Waals surface area contributed by atoms with Crippen LogP contribution in [0, 0.1) is 11.3 Å². The summed E-state index contributed by atoms with van der Waals surface area (Å²) in [5.74, 6) is -0.692. The lowest BCUT2D eigenvalue weighted by molar-refractivity contribution is -0.137. The minimum Gasteiger partial charge on any atom is -0.352 e. The maximum absolute atomic E-state index is 13.5. The van der Waals surface area contributed by atoms with Crippen LogP contribution in [-0.4, -0.2) is 27.4 Å². The van der Waals surface area contributed by atoms with Gasteiger partial charge in [-0.25, -0.2) is 0 Å². The molecular weight excluding hydrogens is 515 g/mol. The first-order chi connectivity index (χ1) is 17.9. The molecule has 0 bridgehead atoms. The second kappa shape index (κ2) is 10.2. The Labute approximate surface area is 222 Å². The molecule has 7 nitrogen and oxygen atoms in total. The van der Waals surface area contributed by atoms with Gasteiger partial charge in [0.2, 0.25) is 5.91 Å². The highest BCUT2D eigenvalue weighted by Crippen LogP contribution is 2.39. The van der Waals surface area contributed by atoms with Crippen LogP contribution in [0.5, 0.6) is 0 Å². The van der Waals surface area contributed by atoms with Gasteiger partial charge in [-0.1, -0.05) is 18.2 Å². The van der Waals surface area contributed by atoms with E-state index in [1.807, 2.05) is 0 Å². The van der Waals surface area contributed by atoms with Crippen LogP contribution in [-0.2, 0) is 28.7 Å². The Balaban J connectivity index is 1.53. The van der Waals surface area contributed by atoms with Gasteiger partial charge in [0.05, 0.1) is 29.3 Å². The molecule has 3 aromatic rings. The minimum absolute atomic E-state index is 0.00856. The van der Waals surface area contributed by atoms with Crippen molar-refractivity contribution in [3.63, 3.8) is 0 Å². The minimum atomic E-state index is -4.77. The normalized spacial score (nSPS) is 14.9. The molecule has 1 fully saturated rings. The SMILES string of the molecule is CC1(C)C(=O)N(c2ccc(C#N)c(C(F)(F)F)c2)C(=S)N1c1ccc(CNC(=O)Cc2ccccn2)cc1. The number of benzene rings is 2. The lowest BCUT2D eigenvalue weighted by Crippen LogP contribution is -2.44. The Bertz CT molecular complexity index is 1430. The molecule has 0 radical (unpaired) electrons. The number of alkyl halides is 3. The van der Waals surface area contributed by atoms with E-state index in [0.29, 0.717) is 11.4 Å². The number of aromatic nitrogens is 1. The monoisotopic (exact) mass is 537 g/mol. The van der Waals surface area contributed by atoms with Crippen molar-refractivity contribution in [1.29, 1.82) is 5.26 Å². The maximum atomic E-state index is 13.5. The van der Waals surface area contributed by atoms with E-state index >= 15 is 0 Å². The summed E-state index contributed by atoms with van der Waals surface area (Å²) in [5.41, 5.74) is -0.934. The Morgan fingerprint density at radius 1 is 1.11 bits per heavy atom. The molecule has 0 spiro atoms. The topological polar surface area (TPSA) is 89.3 Å². The predicted octanol–water partition coefficient (Wildman–Crippen LogP) is 4.75. The molecule has 0 saturated carbocycles. The number of thiocarbonyl (C=S) groups is 1. The van der Waals surface area contributed by atoms with Crippen LogP contribution in [0.1, 0.15) is 36.2 Å². The second-order valence-electron chi connectivity index (χ2n) is 9.10. The number of amides is 2. The Morgan fingerprint density at radius 3 is 2.39 bits per heavy atom. The number of carbonyl (C=O) groups excluding carboxylic acids is 2. The van der Waals surface area contributed by atoms with Crippen molar-refractivity contribution < 1.29 is 22.8 Å². The van der Waals surface area contributed by atoms with Crippen molar-refractivity contribution in [2.24, 2.45) is 0 Å². The highest BCUT2D eigenvalue weighted by molar-refractivity contribution is 7.81. The van der Waals surface area contributed by atoms with Crippen molar-refractivity contribution in [3.8, 4) is 6.07 Å². The van der Waals surface area contributed by atoms with Crippen LogP contribution in [0.4, 0.5) is 24.5 Å². The van der Waals surface area contributed by atoms with Crippen molar-refractivity contribution in [3.05, 3.63) is 89.2 Å². The number of nitrogens with zero attached hydrogens (tertiary/aromatic N) is 4. The molecule has 2 amide bonds. The molecule has 1 aromatic heterocycles. The molecule has 0 atom stereocenters. The first-order valence-electron chi connectivity index (χ1n) is 11.5. The number of nitrogens with one attached hydrogen (secondary N) is 1. The summed E-state index contributed by atoms with van der Waals surface area (Å²) in [4.78, 5) is 32.3. The predicted molar refractivity (Wildman–Crippen MR) is 139 cm³/mol. The molecule has 1 aliphatic heterocycles. The van der Waals surface area contributed by atoms with E-state index in [4.69, 9.17) is 17.5 Å². The van der Waals surface area contributed by atoms with Gasteiger partial charge in [-0.05, 0) is 74.1 Å². The molecule has 0 unspecified atom stereocenters. The third-order valence-electron chi connectivity index (χ3n) is 6.11. The molecule has 1 N–H and O–H groups in total. The highest BCUT2D eigenvalue weighted by atomic mass is 32.1. The fourth-order valence-corrected chi connectivity index (χ4v) is 4.67.